The molecular weight excluding hydrogens is 288 g/mol. The minimum atomic E-state index is -0.273. The largest absolute Gasteiger partial charge is 0.504 e. The summed E-state index contributed by atoms with van der Waals surface area (Å²) in [5.74, 6) is 0.750. The fourth-order valence-corrected chi connectivity index (χ4v) is 1.56. The summed E-state index contributed by atoms with van der Waals surface area (Å²) in [5, 5.41) is 9.62. The molecule has 0 spiro atoms. The van der Waals surface area contributed by atoms with Gasteiger partial charge in [0.2, 0.25) is 0 Å². The first-order valence-electron chi connectivity index (χ1n) is 4.74. The van der Waals surface area contributed by atoms with Crippen molar-refractivity contribution in [3.05, 3.63) is 39.2 Å². The molecule has 1 aromatic heterocycles. The van der Waals surface area contributed by atoms with E-state index in [0.717, 1.165) is 0 Å². The van der Waals surface area contributed by atoms with E-state index >= 15 is 0 Å². The number of aromatic hydroxyl groups is 1. The molecular formula is C11H9BrN2O3. The zero-order chi connectivity index (χ0) is 12.4. The van der Waals surface area contributed by atoms with Crippen LogP contribution < -0.4 is 10.3 Å². The number of ether oxygens (including phenoxy) is 1. The van der Waals surface area contributed by atoms with Crippen LogP contribution in [0, 0.1) is 0 Å². The van der Waals surface area contributed by atoms with Crippen LogP contribution in [0.4, 0.5) is 0 Å². The van der Waals surface area contributed by atoms with E-state index in [2.05, 4.69) is 25.9 Å². The highest BCUT2D eigenvalue weighted by Crippen LogP contribution is 2.29. The maximum atomic E-state index is 11.4. The second-order valence-corrected chi connectivity index (χ2v) is 4.15. The predicted octanol–water partition coefficient (Wildman–Crippen LogP) is 1.91. The molecule has 88 valence electrons. The van der Waals surface area contributed by atoms with E-state index < -0.39 is 0 Å². The number of methoxy groups -OCH3 is 1. The Hall–Kier alpha value is -1.82. The minimum Gasteiger partial charge on any atom is -0.504 e. The summed E-state index contributed by atoms with van der Waals surface area (Å²) in [4.78, 5) is 18.0. The molecule has 6 heteroatoms. The molecule has 0 amide bonds. The van der Waals surface area contributed by atoms with E-state index in [9.17, 15) is 9.90 Å². The van der Waals surface area contributed by atoms with Gasteiger partial charge in [-0.1, -0.05) is 0 Å². The average molecular weight is 297 g/mol. The third-order valence-electron chi connectivity index (χ3n) is 2.21. The van der Waals surface area contributed by atoms with Crippen LogP contribution in [0.5, 0.6) is 11.5 Å². The van der Waals surface area contributed by atoms with Crippen LogP contribution in [0.3, 0.4) is 0 Å². The third kappa shape index (κ3) is 2.31. The lowest BCUT2D eigenvalue weighted by molar-refractivity contribution is 0.373. The standard InChI is InChI=1S/C11H9BrN2O3/c1-17-9-3-2-6(4-8(9)15)10-13-5-7(12)11(16)14-10/h2-5,15H,1H3,(H,13,14,16). The Labute approximate surface area is 105 Å². The first-order chi connectivity index (χ1) is 8.11. The molecule has 1 aromatic carbocycles. The number of rotatable bonds is 2. The number of phenolic OH excluding ortho intramolecular Hbond substituents is 1. The Balaban J connectivity index is 2.50. The number of hydrogen-bond donors (Lipinski definition) is 2. The van der Waals surface area contributed by atoms with Gasteiger partial charge in [0.15, 0.2) is 11.5 Å². The van der Waals surface area contributed by atoms with Gasteiger partial charge in [-0.25, -0.2) is 4.98 Å². The van der Waals surface area contributed by atoms with Crippen LogP contribution in [0.1, 0.15) is 0 Å². The lowest BCUT2D eigenvalue weighted by Gasteiger charge is -2.05. The lowest BCUT2D eigenvalue weighted by Crippen LogP contribution is -2.08. The minimum absolute atomic E-state index is 0.00410. The number of phenols is 1. The van der Waals surface area contributed by atoms with Gasteiger partial charge in [0.25, 0.3) is 5.56 Å². The quantitative estimate of drug-likeness (QED) is 0.888. The Kier molecular flexibility index (Phi) is 3.14. The number of aromatic amines is 1. The number of nitrogens with zero attached hydrogens (tertiary/aromatic N) is 1. The fraction of sp³-hybridized carbons (Fsp3) is 0.0909. The molecule has 0 atom stereocenters. The molecule has 0 fully saturated rings. The van der Waals surface area contributed by atoms with Crippen molar-refractivity contribution in [3.8, 4) is 22.9 Å². The average Bonchev–Trinajstić information content (AvgIpc) is 2.32. The number of halogens is 1. The van der Waals surface area contributed by atoms with E-state index in [4.69, 9.17) is 4.74 Å². The summed E-state index contributed by atoms with van der Waals surface area (Å²) in [6, 6.07) is 4.78. The molecule has 0 unspecified atom stereocenters. The first kappa shape index (κ1) is 11.7. The van der Waals surface area contributed by atoms with Crippen molar-refractivity contribution in [2.45, 2.75) is 0 Å². The molecule has 1 heterocycles. The van der Waals surface area contributed by atoms with E-state index in [-0.39, 0.29) is 11.3 Å². The van der Waals surface area contributed by atoms with Gasteiger partial charge in [-0.15, -0.1) is 0 Å². The number of H-pyrrole nitrogens is 1. The summed E-state index contributed by atoms with van der Waals surface area (Å²) < 4.78 is 5.29. The lowest BCUT2D eigenvalue weighted by atomic mass is 10.2. The van der Waals surface area contributed by atoms with Crippen molar-refractivity contribution in [1.29, 1.82) is 0 Å². The molecule has 17 heavy (non-hydrogen) atoms. The second-order valence-electron chi connectivity index (χ2n) is 3.30. The molecule has 5 nitrogen and oxygen atoms in total. The van der Waals surface area contributed by atoms with Gasteiger partial charge in [0, 0.05) is 11.8 Å². The van der Waals surface area contributed by atoms with Crippen LogP contribution in [0.2, 0.25) is 0 Å². The predicted molar refractivity (Wildman–Crippen MR) is 66.2 cm³/mol. The topological polar surface area (TPSA) is 75.2 Å². The second kappa shape index (κ2) is 4.58. The van der Waals surface area contributed by atoms with Gasteiger partial charge in [0.1, 0.15) is 10.3 Å². The molecule has 0 aliphatic rings. The maximum Gasteiger partial charge on any atom is 0.265 e. The first-order valence-corrected chi connectivity index (χ1v) is 5.53. The van der Waals surface area contributed by atoms with E-state index in [1.54, 1.807) is 12.1 Å². The van der Waals surface area contributed by atoms with Crippen molar-refractivity contribution in [2.24, 2.45) is 0 Å². The maximum absolute atomic E-state index is 11.4. The van der Waals surface area contributed by atoms with Gasteiger partial charge >= 0.3 is 0 Å². The Morgan fingerprint density at radius 2 is 2.24 bits per heavy atom. The zero-order valence-electron chi connectivity index (χ0n) is 8.90. The van der Waals surface area contributed by atoms with Crippen molar-refractivity contribution in [1.82, 2.24) is 9.97 Å². The van der Waals surface area contributed by atoms with Crippen LogP contribution in [0.15, 0.2) is 33.7 Å². The summed E-state index contributed by atoms with van der Waals surface area (Å²) in [7, 11) is 1.47. The normalized spacial score (nSPS) is 10.2. The summed E-state index contributed by atoms with van der Waals surface area (Å²) in [6.07, 6.45) is 1.41. The number of hydrogen-bond acceptors (Lipinski definition) is 4. The molecule has 0 saturated heterocycles. The molecule has 0 radical (unpaired) electrons. The number of nitrogens with one attached hydrogen (secondary N) is 1. The Morgan fingerprint density at radius 1 is 1.47 bits per heavy atom. The van der Waals surface area contributed by atoms with Crippen LogP contribution in [-0.2, 0) is 0 Å². The number of benzene rings is 1. The van der Waals surface area contributed by atoms with Gasteiger partial charge in [0.05, 0.1) is 7.11 Å². The summed E-state index contributed by atoms with van der Waals surface area (Å²) in [5.41, 5.74) is 0.332. The van der Waals surface area contributed by atoms with Crippen LogP contribution in [0.25, 0.3) is 11.4 Å². The molecule has 0 saturated carbocycles. The molecule has 0 bridgehead atoms. The summed E-state index contributed by atoms with van der Waals surface area (Å²) >= 11 is 3.06. The highest BCUT2D eigenvalue weighted by atomic mass is 79.9. The van der Waals surface area contributed by atoms with Crippen molar-refractivity contribution in [2.75, 3.05) is 7.11 Å². The van der Waals surface area contributed by atoms with Gasteiger partial charge in [-0.2, -0.15) is 0 Å². The van der Waals surface area contributed by atoms with Crippen LogP contribution in [-0.4, -0.2) is 22.2 Å². The molecule has 0 aliphatic heterocycles. The molecule has 2 N–H and O–H groups in total. The molecule has 2 rings (SSSR count). The number of aromatic nitrogens is 2. The highest BCUT2D eigenvalue weighted by Gasteiger charge is 2.07. The fourth-order valence-electron chi connectivity index (χ4n) is 1.36. The SMILES string of the molecule is COc1ccc(-c2ncc(Br)c(=O)[nH]2)cc1O. The van der Waals surface area contributed by atoms with E-state index in [1.165, 1.54) is 19.4 Å². The smallest absolute Gasteiger partial charge is 0.265 e. The van der Waals surface area contributed by atoms with E-state index in [0.29, 0.717) is 21.6 Å². The van der Waals surface area contributed by atoms with Gasteiger partial charge in [-0.05, 0) is 34.1 Å². The van der Waals surface area contributed by atoms with Crippen molar-refractivity contribution in [3.63, 3.8) is 0 Å². The highest BCUT2D eigenvalue weighted by molar-refractivity contribution is 9.10. The Morgan fingerprint density at radius 3 is 2.82 bits per heavy atom. The van der Waals surface area contributed by atoms with Crippen molar-refractivity contribution >= 4 is 15.9 Å². The van der Waals surface area contributed by atoms with Crippen molar-refractivity contribution < 1.29 is 9.84 Å². The molecule has 0 aliphatic carbocycles. The third-order valence-corrected chi connectivity index (χ3v) is 2.77. The Bertz CT molecular complexity index is 610. The zero-order valence-corrected chi connectivity index (χ0v) is 10.5. The van der Waals surface area contributed by atoms with E-state index in [1.807, 2.05) is 0 Å². The van der Waals surface area contributed by atoms with Gasteiger partial charge < -0.3 is 14.8 Å². The van der Waals surface area contributed by atoms with Crippen LogP contribution >= 0.6 is 15.9 Å². The molecule has 2 aromatic rings. The van der Waals surface area contributed by atoms with Gasteiger partial charge in [-0.3, -0.25) is 4.79 Å². The summed E-state index contributed by atoms with van der Waals surface area (Å²) in [6.45, 7) is 0. The monoisotopic (exact) mass is 296 g/mol.